The number of hydrogen-bond acceptors (Lipinski definition) is 2. The van der Waals surface area contributed by atoms with Gasteiger partial charge >= 0.3 is 0 Å². The van der Waals surface area contributed by atoms with Gasteiger partial charge in [-0.15, -0.1) is 0 Å². The molecule has 24 heavy (non-hydrogen) atoms. The van der Waals surface area contributed by atoms with Crippen LogP contribution < -0.4 is 0 Å². The molecule has 2 nitrogen and oxygen atoms in total. The predicted molar refractivity (Wildman–Crippen MR) is 95.3 cm³/mol. The SMILES string of the molecule is C=Cc1cccc2c1C(=O)c1c(cccc1-c1ccccc1)C2=O. The van der Waals surface area contributed by atoms with Crippen LogP contribution in [0.15, 0.2) is 73.3 Å². The Hall–Kier alpha value is -3.26. The Labute approximate surface area is 140 Å². The number of hydrogen-bond donors (Lipinski definition) is 0. The highest BCUT2D eigenvalue weighted by Gasteiger charge is 2.32. The lowest BCUT2D eigenvalue weighted by atomic mass is 9.79. The molecule has 0 heterocycles. The zero-order valence-corrected chi connectivity index (χ0v) is 13.0. The highest BCUT2D eigenvalue weighted by atomic mass is 16.1. The molecule has 1 aliphatic carbocycles. The molecule has 0 amide bonds. The van der Waals surface area contributed by atoms with Crippen molar-refractivity contribution < 1.29 is 9.59 Å². The van der Waals surface area contributed by atoms with Gasteiger partial charge in [0.15, 0.2) is 11.6 Å². The van der Waals surface area contributed by atoms with Crippen molar-refractivity contribution in [1.29, 1.82) is 0 Å². The summed E-state index contributed by atoms with van der Waals surface area (Å²) in [6, 6.07) is 20.4. The van der Waals surface area contributed by atoms with Gasteiger partial charge in [-0.3, -0.25) is 9.59 Å². The van der Waals surface area contributed by atoms with E-state index in [1.165, 1.54) is 0 Å². The monoisotopic (exact) mass is 310 g/mol. The molecule has 0 atom stereocenters. The van der Waals surface area contributed by atoms with Gasteiger partial charge in [0.25, 0.3) is 0 Å². The third-order valence-electron chi connectivity index (χ3n) is 4.41. The summed E-state index contributed by atoms with van der Waals surface area (Å²) in [5, 5.41) is 0. The van der Waals surface area contributed by atoms with Gasteiger partial charge in [0, 0.05) is 22.3 Å². The van der Waals surface area contributed by atoms with E-state index in [4.69, 9.17) is 0 Å². The molecular formula is C22H14O2. The predicted octanol–water partition coefficient (Wildman–Crippen LogP) is 4.77. The topological polar surface area (TPSA) is 34.1 Å². The van der Waals surface area contributed by atoms with Gasteiger partial charge in [0.05, 0.1) is 0 Å². The fraction of sp³-hybridized carbons (Fsp3) is 0. The summed E-state index contributed by atoms with van der Waals surface area (Å²) in [6.45, 7) is 3.77. The van der Waals surface area contributed by atoms with Crippen LogP contribution in [0.1, 0.15) is 37.4 Å². The molecule has 0 fully saturated rings. The van der Waals surface area contributed by atoms with Crippen LogP contribution in [0.4, 0.5) is 0 Å². The van der Waals surface area contributed by atoms with Crippen LogP contribution in [0.3, 0.4) is 0 Å². The van der Waals surface area contributed by atoms with Crippen molar-refractivity contribution in [2.45, 2.75) is 0 Å². The van der Waals surface area contributed by atoms with Crippen molar-refractivity contribution in [2.24, 2.45) is 0 Å². The molecule has 4 rings (SSSR count). The maximum Gasteiger partial charge on any atom is 0.195 e. The number of benzene rings is 3. The first-order chi connectivity index (χ1) is 11.7. The molecule has 2 heteroatoms. The lowest BCUT2D eigenvalue weighted by Gasteiger charge is -2.21. The van der Waals surface area contributed by atoms with Crippen molar-refractivity contribution in [1.82, 2.24) is 0 Å². The van der Waals surface area contributed by atoms with Crippen LogP contribution in [0.5, 0.6) is 0 Å². The second-order valence-electron chi connectivity index (χ2n) is 5.73. The second kappa shape index (κ2) is 5.43. The lowest BCUT2D eigenvalue weighted by molar-refractivity contribution is 0.0979. The molecule has 3 aromatic carbocycles. The van der Waals surface area contributed by atoms with E-state index in [9.17, 15) is 9.59 Å². The quantitative estimate of drug-likeness (QED) is 0.534. The van der Waals surface area contributed by atoms with Gasteiger partial charge in [-0.2, -0.15) is 0 Å². The third kappa shape index (κ3) is 1.97. The maximum absolute atomic E-state index is 13.2. The smallest absolute Gasteiger partial charge is 0.195 e. The number of carbonyl (C=O) groups is 2. The van der Waals surface area contributed by atoms with Crippen molar-refractivity contribution in [3.05, 3.63) is 101 Å². The highest BCUT2D eigenvalue weighted by Crippen LogP contribution is 2.35. The molecule has 114 valence electrons. The Morgan fingerprint density at radius 2 is 1.25 bits per heavy atom. The van der Waals surface area contributed by atoms with Gasteiger partial charge in [0.1, 0.15) is 0 Å². The van der Waals surface area contributed by atoms with Crippen LogP contribution >= 0.6 is 0 Å². The minimum atomic E-state index is -0.116. The Kier molecular flexibility index (Phi) is 3.24. The van der Waals surface area contributed by atoms with E-state index in [-0.39, 0.29) is 11.6 Å². The first kappa shape index (κ1) is 14.3. The number of ketones is 2. The molecule has 3 aromatic rings. The summed E-state index contributed by atoms with van der Waals surface area (Å²) >= 11 is 0. The normalized spacial score (nSPS) is 12.5. The van der Waals surface area contributed by atoms with Gasteiger partial charge < -0.3 is 0 Å². The first-order valence-electron chi connectivity index (χ1n) is 7.75. The fourth-order valence-corrected chi connectivity index (χ4v) is 3.30. The van der Waals surface area contributed by atoms with E-state index in [1.54, 1.807) is 24.3 Å². The van der Waals surface area contributed by atoms with E-state index in [1.807, 2.05) is 48.5 Å². The molecule has 0 aromatic heterocycles. The van der Waals surface area contributed by atoms with Gasteiger partial charge in [0.2, 0.25) is 0 Å². The summed E-state index contributed by atoms with van der Waals surface area (Å²) in [7, 11) is 0. The molecule has 0 N–H and O–H groups in total. The van der Waals surface area contributed by atoms with Crippen LogP contribution in [0.25, 0.3) is 17.2 Å². The zero-order chi connectivity index (χ0) is 16.7. The minimum Gasteiger partial charge on any atom is -0.289 e. The van der Waals surface area contributed by atoms with E-state index in [0.29, 0.717) is 27.8 Å². The molecular weight excluding hydrogens is 296 g/mol. The van der Waals surface area contributed by atoms with E-state index < -0.39 is 0 Å². The molecule has 0 unspecified atom stereocenters. The summed E-state index contributed by atoms with van der Waals surface area (Å²) in [5.74, 6) is -0.226. The molecule has 0 spiro atoms. The van der Waals surface area contributed by atoms with E-state index in [2.05, 4.69) is 6.58 Å². The van der Waals surface area contributed by atoms with Crippen LogP contribution in [-0.4, -0.2) is 11.6 Å². The van der Waals surface area contributed by atoms with E-state index >= 15 is 0 Å². The summed E-state index contributed by atoms with van der Waals surface area (Å²) in [4.78, 5) is 26.1. The molecule has 0 aliphatic heterocycles. The molecule has 0 saturated carbocycles. The van der Waals surface area contributed by atoms with Crippen LogP contribution in [-0.2, 0) is 0 Å². The molecule has 0 saturated heterocycles. The van der Waals surface area contributed by atoms with Crippen LogP contribution in [0, 0.1) is 0 Å². The maximum atomic E-state index is 13.2. The average molecular weight is 310 g/mol. The Bertz CT molecular complexity index is 998. The standard InChI is InChI=1S/C22H14O2/c1-2-14-10-6-12-17-19(14)22(24)20-16(15-8-4-3-5-9-15)11-7-13-18(20)21(17)23/h2-13H,1H2. The van der Waals surface area contributed by atoms with Gasteiger partial charge in [-0.1, -0.05) is 79.4 Å². The van der Waals surface area contributed by atoms with Crippen molar-refractivity contribution in [2.75, 3.05) is 0 Å². The number of fused-ring (bicyclic) bond motifs is 2. The van der Waals surface area contributed by atoms with E-state index in [0.717, 1.165) is 11.1 Å². The van der Waals surface area contributed by atoms with Crippen molar-refractivity contribution >= 4 is 17.6 Å². The largest absolute Gasteiger partial charge is 0.289 e. The Morgan fingerprint density at radius 3 is 1.96 bits per heavy atom. The highest BCUT2D eigenvalue weighted by molar-refractivity contribution is 6.31. The Balaban J connectivity index is 2.04. The van der Waals surface area contributed by atoms with Gasteiger partial charge in [-0.25, -0.2) is 0 Å². The van der Waals surface area contributed by atoms with Crippen LogP contribution in [0.2, 0.25) is 0 Å². The second-order valence-corrected chi connectivity index (χ2v) is 5.73. The average Bonchev–Trinajstić information content (AvgIpc) is 2.65. The minimum absolute atomic E-state index is 0.110. The molecule has 0 bridgehead atoms. The fourth-order valence-electron chi connectivity index (χ4n) is 3.30. The molecule has 0 radical (unpaired) electrons. The Morgan fingerprint density at radius 1 is 0.625 bits per heavy atom. The summed E-state index contributed by atoms with van der Waals surface area (Å²) < 4.78 is 0. The lowest BCUT2D eigenvalue weighted by Crippen LogP contribution is -2.22. The van der Waals surface area contributed by atoms with Crippen molar-refractivity contribution in [3.8, 4) is 11.1 Å². The first-order valence-corrected chi connectivity index (χ1v) is 7.75. The number of carbonyl (C=O) groups excluding carboxylic acids is 2. The summed E-state index contributed by atoms with van der Waals surface area (Å²) in [6.07, 6.45) is 1.63. The zero-order valence-electron chi connectivity index (χ0n) is 13.0. The summed E-state index contributed by atoms with van der Waals surface area (Å²) in [5.41, 5.74) is 4.26. The van der Waals surface area contributed by atoms with Gasteiger partial charge in [-0.05, 0) is 16.7 Å². The third-order valence-corrected chi connectivity index (χ3v) is 4.41. The van der Waals surface area contributed by atoms with Crippen molar-refractivity contribution in [3.63, 3.8) is 0 Å². The molecule has 1 aliphatic rings. The number of rotatable bonds is 2.